The van der Waals surface area contributed by atoms with Crippen LogP contribution in [-0.2, 0) is 11.4 Å². The van der Waals surface area contributed by atoms with E-state index >= 15 is 0 Å². The predicted molar refractivity (Wildman–Crippen MR) is 130 cm³/mol. The van der Waals surface area contributed by atoms with Gasteiger partial charge in [-0.15, -0.1) is 0 Å². The Hall–Kier alpha value is -2.42. The highest BCUT2D eigenvalue weighted by atomic mass is 79.9. The molecule has 3 aromatic carbocycles. The average molecular weight is 562 g/mol. The van der Waals surface area contributed by atoms with E-state index in [4.69, 9.17) is 4.74 Å². The molecule has 0 atom stereocenters. The van der Waals surface area contributed by atoms with Crippen LogP contribution < -0.4 is 10.1 Å². The number of carbonyl (C=O) groups excluding carboxylic acids is 1. The van der Waals surface area contributed by atoms with Crippen LogP contribution in [0.4, 0.5) is 10.1 Å². The van der Waals surface area contributed by atoms with Gasteiger partial charge in [0.05, 0.1) is 15.1 Å². The van der Waals surface area contributed by atoms with Gasteiger partial charge in [0.25, 0.3) is 5.91 Å². The number of ether oxygens (including phenoxy) is 1. The number of amidine groups is 1. The zero-order valence-electron chi connectivity index (χ0n) is 15.9. The van der Waals surface area contributed by atoms with Gasteiger partial charge in [-0.2, -0.15) is 0 Å². The maximum absolute atomic E-state index is 13.0. The minimum absolute atomic E-state index is 0.224. The molecular weight excluding hydrogens is 547 g/mol. The van der Waals surface area contributed by atoms with Gasteiger partial charge in [0.15, 0.2) is 5.17 Å². The molecule has 0 spiro atoms. The van der Waals surface area contributed by atoms with Crippen molar-refractivity contribution in [3.8, 4) is 5.75 Å². The molecule has 0 aromatic heterocycles. The maximum atomic E-state index is 13.0. The van der Waals surface area contributed by atoms with Crippen molar-refractivity contribution in [2.45, 2.75) is 6.61 Å². The molecule has 1 saturated heterocycles. The van der Waals surface area contributed by atoms with Crippen molar-refractivity contribution in [1.29, 1.82) is 0 Å². The predicted octanol–water partition coefficient (Wildman–Crippen LogP) is 6.82. The van der Waals surface area contributed by atoms with Crippen molar-refractivity contribution in [3.05, 3.63) is 97.5 Å². The molecule has 0 bridgehead atoms. The van der Waals surface area contributed by atoms with E-state index in [1.165, 1.54) is 23.9 Å². The number of thioether (sulfide) groups is 1. The van der Waals surface area contributed by atoms with Gasteiger partial charge in [0.1, 0.15) is 18.2 Å². The summed E-state index contributed by atoms with van der Waals surface area (Å²) in [6.45, 7) is 0.452. The molecule has 31 heavy (non-hydrogen) atoms. The van der Waals surface area contributed by atoms with Crippen LogP contribution in [0, 0.1) is 5.82 Å². The molecule has 1 amide bonds. The summed E-state index contributed by atoms with van der Waals surface area (Å²) in [5, 5.41) is 3.18. The molecule has 4 rings (SSSR count). The summed E-state index contributed by atoms with van der Waals surface area (Å²) in [5.41, 5.74) is 2.48. The zero-order chi connectivity index (χ0) is 21.8. The van der Waals surface area contributed by atoms with Gasteiger partial charge in [-0.25, -0.2) is 9.38 Å². The van der Waals surface area contributed by atoms with E-state index in [9.17, 15) is 9.18 Å². The summed E-state index contributed by atoms with van der Waals surface area (Å²) in [5.74, 6) is 0.159. The highest BCUT2D eigenvalue weighted by Gasteiger charge is 2.23. The van der Waals surface area contributed by atoms with Gasteiger partial charge in [-0.1, -0.05) is 34.1 Å². The lowest BCUT2D eigenvalue weighted by atomic mass is 10.2. The molecule has 0 aliphatic carbocycles. The van der Waals surface area contributed by atoms with Gasteiger partial charge in [0.2, 0.25) is 0 Å². The zero-order valence-corrected chi connectivity index (χ0v) is 19.9. The molecule has 1 heterocycles. The van der Waals surface area contributed by atoms with Crippen molar-refractivity contribution in [2.75, 3.05) is 0 Å². The Balaban J connectivity index is 1.44. The third kappa shape index (κ3) is 5.84. The van der Waals surface area contributed by atoms with Crippen molar-refractivity contribution >= 4 is 66.5 Å². The fourth-order valence-corrected chi connectivity index (χ4v) is 4.35. The van der Waals surface area contributed by atoms with E-state index in [1.54, 1.807) is 18.2 Å². The van der Waals surface area contributed by atoms with E-state index in [1.807, 2.05) is 42.5 Å². The monoisotopic (exact) mass is 560 g/mol. The molecule has 0 radical (unpaired) electrons. The Labute approximate surface area is 199 Å². The molecule has 1 N–H and O–H groups in total. The van der Waals surface area contributed by atoms with Crippen molar-refractivity contribution in [2.24, 2.45) is 4.99 Å². The van der Waals surface area contributed by atoms with Crippen LogP contribution in [0.5, 0.6) is 5.75 Å². The first kappa shape index (κ1) is 21.8. The fourth-order valence-electron chi connectivity index (χ4n) is 2.73. The Bertz CT molecular complexity index is 1180. The second-order valence-electron chi connectivity index (χ2n) is 6.56. The lowest BCUT2D eigenvalue weighted by Gasteiger charge is -2.09. The normalized spacial score (nSPS) is 16.0. The molecule has 4 nitrogen and oxygen atoms in total. The number of rotatable bonds is 5. The van der Waals surface area contributed by atoms with Gasteiger partial charge in [-0.3, -0.25) is 4.79 Å². The first-order valence-electron chi connectivity index (χ1n) is 9.18. The van der Waals surface area contributed by atoms with Crippen molar-refractivity contribution in [3.63, 3.8) is 0 Å². The minimum atomic E-state index is -0.331. The molecule has 1 aliphatic heterocycles. The Morgan fingerprint density at radius 2 is 1.77 bits per heavy atom. The summed E-state index contributed by atoms with van der Waals surface area (Å²) in [4.78, 5) is 17.2. The van der Waals surface area contributed by atoms with Crippen LogP contribution in [0.25, 0.3) is 6.08 Å². The Morgan fingerprint density at radius 3 is 2.48 bits per heavy atom. The maximum Gasteiger partial charge on any atom is 0.264 e. The summed E-state index contributed by atoms with van der Waals surface area (Å²) < 4.78 is 20.7. The SMILES string of the molecule is O=C1NC(=Nc2ccc(F)cc2)S/C1=C/c1ccc(OCc2ccc(Br)cc2)c(Br)c1. The standard InChI is InChI=1S/C23H15Br2FN2O2S/c24-16-4-1-14(2-5-16)13-30-20-10-3-15(11-19(20)25)12-21-22(29)28-23(31-21)27-18-8-6-17(26)7-9-18/h1-12H,13H2,(H,27,28,29)/b21-12+. The Morgan fingerprint density at radius 1 is 1.03 bits per heavy atom. The third-order valence-electron chi connectivity index (χ3n) is 4.27. The van der Waals surface area contributed by atoms with E-state index in [0.717, 1.165) is 20.1 Å². The number of amides is 1. The number of benzene rings is 3. The first-order valence-corrected chi connectivity index (χ1v) is 11.6. The van der Waals surface area contributed by atoms with Gasteiger partial charge < -0.3 is 10.1 Å². The van der Waals surface area contributed by atoms with Crippen LogP contribution in [0.3, 0.4) is 0 Å². The summed E-state index contributed by atoms with van der Waals surface area (Å²) in [6.07, 6.45) is 1.79. The van der Waals surface area contributed by atoms with Crippen molar-refractivity contribution in [1.82, 2.24) is 5.32 Å². The number of hydrogen-bond donors (Lipinski definition) is 1. The third-order valence-corrected chi connectivity index (χ3v) is 6.33. The molecule has 8 heteroatoms. The lowest BCUT2D eigenvalue weighted by molar-refractivity contribution is -0.115. The smallest absolute Gasteiger partial charge is 0.264 e. The molecular formula is C23H15Br2FN2O2S. The highest BCUT2D eigenvalue weighted by Crippen LogP contribution is 2.31. The number of nitrogens with zero attached hydrogens (tertiary/aromatic N) is 1. The number of aliphatic imine (C=N–C) groups is 1. The van der Waals surface area contributed by atoms with Crippen LogP contribution in [-0.4, -0.2) is 11.1 Å². The van der Waals surface area contributed by atoms with Gasteiger partial charge >= 0.3 is 0 Å². The molecule has 3 aromatic rings. The second kappa shape index (κ2) is 9.80. The molecule has 1 aliphatic rings. The summed E-state index contributed by atoms with van der Waals surface area (Å²) in [6, 6.07) is 19.4. The number of hydrogen-bond acceptors (Lipinski definition) is 4. The molecule has 0 unspecified atom stereocenters. The number of nitrogens with one attached hydrogen (secondary N) is 1. The molecule has 0 saturated carbocycles. The van der Waals surface area contributed by atoms with E-state index in [-0.39, 0.29) is 11.7 Å². The second-order valence-corrected chi connectivity index (χ2v) is 9.36. The van der Waals surface area contributed by atoms with E-state index < -0.39 is 0 Å². The topological polar surface area (TPSA) is 50.7 Å². The largest absolute Gasteiger partial charge is 0.488 e. The van der Waals surface area contributed by atoms with Gasteiger partial charge in [-0.05, 0) is 93.4 Å². The molecule has 1 fully saturated rings. The lowest BCUT2D eigenvalue weighted by Crippen LogP contribution is -2.19. The number of carbonyl (C=O) groups is 1. The van der Waals surface area contributed by atoms with Crippen LogP contribution in [0.15, 0.2) is 85.6 Å². The van der Waals surface area contributed by atoms with Gasteiger partial charge in [0, 0.05) is 4.47 Å². The van der Waals surface area contributed by atoms with Crippen molar-refractivity contribution < 1.29 is 13.9 Å². The Kier molecular flexibility index (Phi) is 6.89. The minimum Gasteiger partial charge on any atom is -0.488 e. The van der Waals surface area contributed by atoms with Crippen LogP contribution in [0.1, 0.15) is 11.1 Å². The van der Waals surface area contributed by atoms with Crippen LogP contribution in [0.2, 0.25) is 0 Å². The van der Waals surface area contributed by atoms with E-state index in [2.05, 4.69) is 42.2 Å². The average Bonchev–Trinajstić information content (AvgIpc) is 3.09. The highest BCUT2D eigenvalue weighted by molar-refractivity contribution is 9.10. The summed E-state index contributed by atoms with van der Waals surface area (Å²) in [7, 11) is 0. The fraction of sp³-hybridized carbons (Fsp3) is 0.0435. The number of halogens is 3. The van der Waals surface area contributed by atoms with Crippen LogP contribution >= 0.6 is 43.6 Å². The molecule has 156 valence electrons. The quantitative estimate of drug-likeness (QED) is 0.348. The van der Waals surface area contributed by atoms with E-state index in [0.29, 0.717) is 28.1 Å². The first-order chi connectivity index (χ1) is 15.0. The summed E-state index contributed by atoms with van der Waals surface area (Å²) >= 11 is 8.19.